The molecule has 158 valence electrons. The van der Waals surface area contributed by atoms with Gasteiger partial charge in [-0.15, -0.1) is 0 Å². The van der Waals surface area contributed by atoms with Crippen molar-refractivity contribution in [2.45, 2.75) is 54.4 Å². The van der Waals surface area contributed by atoms with Gasteiger partial charge in [0.25, 0.3) is 0 Å². The minimum Gasteiger partial charge on any atom is -0.294 e. The number of benzene rings is 1. The molecule has 0 saturated heterocycles. The highest BCUT2D eigenvalue weighted by Gasteiger charge is 2.20. The van der Waals surface area contributed by atoms with Crippen molar-refractivity contribution in [1.82, 2.24) is 15.0 Å². The lowest BCUT2D eigenvalue weighted by Gasteiger charge is -2.18. The van der Waals surface area contributed by atoms with Crippen LogP contribution in [-0.4, -0.2) is 26.8 Å². The van der Waals surface area contributed by atoms with E-state index in [2.05, 4.69) is 31.7 Å². The first-order valence-corrected chi connectivity index (χ1v) is 9.71. The number of nitriles is 1. The van der Waals surface area contributed by atoms with Gasteiger partial charge in [-0.2, -0.15) is 20.2 Å². The zero-order valence-electron chi connectivity index (χ0n) is 18.3. The number of carbonyl (C=O) groups excluding carboxylic acids is 2. The average Bonchev–Trinajstić information content (AvgIpc) is 2.58. The van der Waals surface area contributed by atoms with Crippen LogP contribution in [0.15, 0.2) is 24.3 Å². The van der Waals surface area contributed by atoms with Crippen LogP contribution in [0.1, 0.15) is 59.9 Å². The molecule has 1 heterocycles. The number of aromatic nitrogens is 3. The molecule has 8 heteroatoms. The van der Waals surface area contributed by atoms with Crippen molar-refractivity contribution < 1.29 is 9.59 Å². The Labute approximate surface area is 177 Å². The lowest BCUT2D eigenvalue weighted by molar-refractivity contribution is -0.118. The van der Waals surface area contributed by atoms with Gasteiger partial charge in [-0.3, -0.25) is 20.2 Å². The number of nitrogens with zero attached hydrogens (tertiary/aromatic N) is 4. The minimum atomic E-state index is -0.239. The molecule has 2 aromatic rings. The van der Waals surface area contributed by atoms with E-state index in [0.29, 0.717) is 11.1 Å². The van der Waals surface area contributed by atoms with Crippen LogP contribution >= 0.6 is 0 Å². The van der Waals surface area contributed by atoms with Gasteiger partial charge in [0.15, 0.2) is 5.82 Å². The van der Waals surface area contributed by atoms with E-state index in [0.717, 1.165) is 0 Å². The van der Waals surface area contributed by atoms with E-state index in [1.807, 2.05) is 41.5 Å². The zero-order valence-corrected chi connectivity index (χ0v) is 18.3. The molecule has 0 aliphatic heterocycles. The van der Waals surface area contributed by atoms with Gasteiger partial charge in [0.05, 0.1) is 11.6 Å². The molecule has 0 radical (unpaired) electrons. The molecule has 2 N–H and O–H groups in total. The Hall–Kier alpha value is -3.34. The Morgan fingerprint density at radius 3 is 1.83 bits per heavy atom. The second-order valence-electron chi connectivity index (χ2n) is 9.57. The fraction of sp³-hybridized carbons (Fsp3) is 0.455. The van der Waals surface area contributed by atoms with Crippen molar-refractivity contribution in [3.05, 3.63) is 29.8 Å². The number of amides is 2. The maximum atomic E-state index is 12.4. The summed E-state index contributed by atoms with van der Waals surface area (Å²) in [5, 5.41) is 14.5. The average molecular weight is 409 g/mol. The number of hydrogen-bond acceptors (Lipinski definition) is 6. The van der Waals surface area contributed by atoms with Crippen molar-refractivity contribution in [3.8, 4) is 17.5 Å². The Bertz CT molecular complexity index is 932. The molecule has 0 bridgehead atoms. The van der Waals surface area contributed by atoms with E-state index in [4.69, 9.17) is 5.26 Å². The smallest absolute Gasteiger partial charge is 0.234 e. The standard InChI is InChI=1S/C22H28N6O2/c1-21(2,3)11-16(29)24-19-26-18(15-9-7-8-14(10-15)13-23)27-20(28-19)25-17(30)12-22(4,5)6/h7-10H,11-12H2,1-6H3,(H2,24,25,26,27,28,29,30). The summed E-state index contributed by atoms with van der Waals surface area (Å²) in [7, 11) is 0. The van der Waals surface area contributed by atoms with Crippen LogP contribution in [0.4, 0.5) is 11.9 Å². The Balaban J connectivity index is 2.39. The van der Waals surface area contributed by atoms with Crippen LogP contribution < -0.4 is 10.6 Å². The summed E-state index contributed by atoms with van der Waals surface area (Å²) in [6, 6.07) is 8.84. The van der Waals surface area contributed by atoms with E-state index >= 15 is 0 Å². The first kappa shape index (κ1) is 22.9. The predicted octanol–water partition coefficient (Wildman–Crippen LogP) is 4.16. The van der Waals surface area contributed by atoms with E-state index < -0.39 is 0 Å². The van der Waals surface area contributed by atoms with E-state index in [9.17, 15) is 9.59 Å². The maximum absolute atomic E-state index is 12.4. The van der Waals surface area contributed by atoms with Crippen molar-refractivity contribution in [3.63, 3.8) is 0 Å². The molecule has 30 heavy (non-hydrogen) atoms. The van der Waals surface area contributed by atoms with E-state index in [1.165, 1.54) is 0 Å². The minimum absolute atomic E-state index is 0.0441. The molecule has 8 nitrogen and oxygen atoms in total. The van der Waals surface area contributed by atoms with Gasteiger partial charge < -0.3 is 0 Å². The maximum Gasteiger partial charge on any atom is 0.234 e. The molecule has 2 rings (SSSR count). The molecule has 1 aromatic carbocycles. The molecular weight excluding hydrogens is 380 g/mol. The highest BCUT2D eigenvalue weighted by Crippen LogP contribution is 2.23. The van der Waals surface area contributed by atoms with Crippen molar-refractivity contribution in [1.29, 1.82) is 5.26 Å². The van der Waals surface area contributed by atoms with Crippen LogP contribution in [-0.2, 0) is 9.59 Å². The van der Waals surface area contributed by atoms with Crippen molar-refractivity contribution in [2.75, 3.05) is 10.6 Å². The van der Waals surface area contributed by atoms with Gasteiger partial charge in [0.1, 0.15) is 0 Å². The molecular formula is C22H28N6O2. The van der Waals surface area contributed by atoms with Crippen LogP contribution in [0.2, 0.25) is 0 Å². The number of rotatable bonds is 5. The second-order valence-corrected chi connectivity index (χ2v) is 9.57. The molecule has 1 aromatic heterocycles. The van der Waals surface area contributed by atoms with Crippen molar-refractivity contribution >= 4 is 23.7 Å². The van der Waals surface area contributed by atoms with Crippen LogP contribution in [0, 0.1) is 22.2 Å². The summed E-state index contributed by atoms with van der Waals surface area (Å²) in [5.41, 5.74) is 0.619. The monoisotopic (exact) mass is 408 g/mol. The summed E-state index contributed by atoms with van der Waals surface area (Å²) < 4.78 is 0. The molecule has 0 saturated carbocycles. The summed E-state index contributed by atoms with van der Waals surface area (Å²) in [6.45, 7) is 11.7. The quantitative estimate of drug-likeness (QED) is 0.766. The van der Waals surface area contributed by atoms with Gasteiger partial charge in [-0.1, -0.05) is 53.7 Å². The van der Waals surface area contributed by atoms with Gasteiger partial charge in [0.2, 0.25) is 23.7 Å². The SMILES string of the molecule is CC(C)(C)CC(=O)Nc1nc(NC(=O)CC(C)(C)C)nc(-c2cccc(C#N)c2)n1. The van der Waals surface area contributed by atoms with Gasteiger partial charge in [0, 0.05) is 18.4 Å². The van der Waals surface area contributed by atoms with Crippen LogP contribution in [0.25, 0.3) is 11.4 Å². The second kappa shape index (κ2) is 8.99. The van der Waals surface area contributed by atoms with Crippen LogP contribution in [0.5, 0.6) is 0 Å². The third kappa shape index (κ3) is 7.59. The third-order valence-electron chi connectivity index (χ3n) is 3.77. The van der Waals surface area contributed by atoms with Gasteiger partial charge >= 0.3 is 0 Å². The highest BCUT2D eigenvalue weighted by atomic mass is 16.2. The van der Waals surface area contributed by atoms with Gasteiger partial charge in [-0.05, 0) is 23.0 Å². The van der Waals surface area contributed by atoms with Crippen molar-refractivity contribution in [2.24, 2.45) is 10.8 Å². The fourth-order valence-corrected chi connectivity index (χ4v) is 2.65. The number of carbonyl (C=O) groups is 2. The van der Waals surface area contributed by atoms with Crippen LogP contribution in [0.3, 0.4) is 0 Å². The number of nitrogens with one attached hydrogen (secondary N) is 2. The fourth-order valence-electron chi connectivity index (χ4n) is 2.65. The number of anilines is 2. The molecule has 2 amide bonds. The Morgan fingerprint density at radius 1 is 0.900 bits per heavy atom. The highest BCUT2D eigenvalue weighted by molar-refractivity contribution is 5.91. The molecule has 0 atom stereocenters. The van der Waals surface area contributed by atoms with E-state index in [-0.39, 0.29) is 53.2 Å². The molecule has 0 aliphatic rings. The molecule has 0 fully saturated rings. The summed E-state index contributed by atoms with van der Waals surface area (Å²) in [5.74, 6) is -0.139. The summed E-state index contributed by atoms with van der Waals surface area (Å²) in [6.07, 6.45) is 0.563. The lowest BCUT2D eigenvalue weighted by atomic mass is 9.92. The summed E-state index contributed by atoms with van der Waals surface area (Å²) >= 11 is 0. The van der Waals surface area contributed by atoms with Gasteiger partial charge in [-0.25, -0.2) is 0 Å². The Kier molecular flexibility index (Phi) is 6.88. The largest absolute Gasteiger partial charge is 0.294 e. The molecule has 0 unspecified atom stereocenters. The zero-order chi connectivity index (χ0) is 22.5. The predicted molar refractivity (Wildman–Crippen MR) is 115 cm³/mol. The first-order valence-electron chi connectivity index (χ1n) is 9.71. The van der Waals surface area contributed by atoms with E-state index in [1.54, 1.807) is 24.3 Å². The number of hydrogen-bond donors (Lipinski definition) is 2. The summed E-state index contributed by atoms with van der Waals surface area (Å²) in [4.78, 5) is 37.5. The first-order chi connectivity index (χ1) is 13.8. The molecule has 0 spiro atoms. The molecule has 0 aliphatic carbocycles. The third-order valence-corrected chi connectivity index (χ3v) is 3.77. The topological polar surface area (TPSA) is 121 Å². The Morgan fingerprint density at radius 2 is 1.40 bits per heavy atom. The normalized spacial score (nSPS) is 11.5. The lowest BCUT2D eigenvalue weighted by Crippen LogP contribution is -2.23.